The van der Waals surface area contributed by atoms with Crippen LogP contribution in [0.4, 0.5) is 4.39 Å². The van der Waals surface area contributed by atoms with Gasteiger partial charge in [0.05, 0.1) is 17.8 Å². The highest BCUT2D eigenvalue weighted by atomic mass is 79.9. The molecule has 1 aromatic rings. The predicted octanol–water partition coefficient (Wildman–Crippen LogP) is 2.84. The second-order valence-corrected chi connectivity index (χ2v) is 6.78. The molecule has 0 radical (unpaired) electrons. The highest BCUT2D eigenvalue weighted by Gasteiger charge is 2.53. The van der Waals surface area contributed by atoms with E-state index >= 15 is 0 Å². The van der Waals surface area contributed by atoms with Gasteiger partial charge >= 0.3 is 0 Å². The van der Waals surface area contributed by atoms with E-state index in [0.717, 1.165) is 12.8 Å². The number of carbonyl (C=O) groups excluding carboxylic acids is 1. The van der Waals surface area contributed by atoms with Crippen LogP contribution in [0.1, 0.15) is 23.2 Å². The van der Waals surface area contributed by atoms with Crippen LogP contribution >= 0.6 is 15.9 Å². The van der Waals surface area contributed by atoms with Crippen LogP contribution in [0, 0.1) is 17.7 Å². The van der Waals surface area contributed by atoms with Gasteiger partial charge in [0, 0.05) is 29.4 Å². The Morgan fingerprint density at radius 1 is 1.25 bits per heavy atom. The van der Waals surface area contributed by atoms with Crippen molar-refractivity contribution in [2.45, 2.75) is 25.0 Å². The van der Waals surface area contributed by atoms with Gasteiger partial charge < -0.3 is 9.64 Å². The molecule has 3 aliphatic rings. The summed E-state index contributed by atoms with van der Waals surface area (Å²) in [5.74, 6) is 0.232. The van der Waals surface area contributed by atoms with E-state index in [1.807, 2.05) is 0 Å². The fourth-order valence-corrected chi connectivity index (χ4v) is 4.50. The highest BCUT2D eigenvalue weighted by Crippen LogP contribution is 2.47. The summed E-state index contributed by atoms with van der Waals surface area (Å²) in [4.78, 5) is 14.4. The van der Waals surface area contributed by atoms with Crippen LogP contribution in [0.5, 0.6) is 0 Å². The first-order valence-electron chi connectivity index (χ1n) is 7.04. The largest absolute Gasteiger partial charge is 0.374 e. The van der Waals surface area contributed by atoms with Crippen molar-refractivity contribution >= 4 is 21.8 Å². The molecule has 1 aromatic carbocycles. The third kappa shape index (κ3) is 1.76. The van der Waals surface area contributed by atoms with Crippen molar-refractivity contribution in [1.29, 1.82) is 0 Å². The zero-order valence-electron chi connectivity index (χ0n) is 10.9. The molecule has 0 saturated carbocycles. The molecule has 3 fully saturated rings. The van der Waals surface area contributed by atoms with Crippen LogP contribution in [0.3, 0.4) is 0 Å². The Kier molecular flexibility index (Phi) is 2.89. The molecule has 20 heavy (non-hydrogen) atoms. The lowest BCUT2D eigenvalue weighted by Crippen LogP contribution is -2.32. The summed E-state index contributed by atoms with van der Waals surface area (Å²) in [6.07, 6.45) is 2.84. The average Bonchev–Trinajstić information content (AvgIpc) is 3.11. The number of halogens is 2. The quantitative estimate of drug-likeness (QED) is 0.787. The highest BCUT2D eigenvalue weighted by molar-refractivity contribution is 9.10. The summed E-state index contributed by atoms with van der Waals surface area (Å²) < 4.78 is 20.3. The van der Waals surface area contributed by atoms with Gasteiger partial charge in [-0.3, -0.25) is 4.79 Å². The number of fused-ring (bicyclic) bond motifs is 5. The Labute approximate surface area is 125 Å². The molecule has 3 heterocycles. The molecule has 0 aliphatic carbocycles. The Balaban J connectivity index is 1.59. The monoisotopic (exact) mass is 339 g/mol. The summed E-state index contributed by atoms with van der Waals surface area (Å²) in [5, 5.41) is 0. The number of amides is 1. The molecule has 0 spiro atoms. The second-order valence-electron chi connectivity index (χ2n) is 5.92. The van der Waals surface area contributed by atoms with Crippen LogP contribution < -0.4 is 0 Å². The number of carbonyl (C=O) groups is 1. The van der Waals surface area contributed by atoms with Crippen molar-refractivity contribution in [2.24, 2.45) is 11.8 Å². The molecule has 1 amide bonds. The number of rotatable bonds is 1. The predicted molar refractivity (Wildman–Crippen MR) is 74.9 cm³/mol. The summed E-state index contributed by atoms with van der Waals surface area (Å²) in [6.45, 7) is 1.40. The number of hydrogen-bond acceptors (Lipinski definition) is 2. The zero-order chi connectivity index (χ0) is 13.9. The van der Waals surface area contributed by atoms with Gasteiger partial charge in [-0.2, -0.15) is 0 Å². The number of nitrogens with zero attached hydrogens (tertiary/aromatic N) is 1. The van der Waals surface area contributed by atoms with Crippen LogP contribution in [-0.4, -0.2) is 36.1 Å². The van der Waals surface area contributed by atoms with Gasteiger partial charge in [0.25, 0.3) is 5.91 Å². The van der Waals surface area contributed by atoms with Gasteiger partial charge in [-0.1, -0.05) is 6.07 Å². The van der Waals surface area contributed by atoms with Gasteiger partial charge in [-0.05, 0) is 40.9 Å². The van der Waals surface area contributed by atoms with Crippen LogP contribution in [0.2, 0.25) is 0 Å². The topological polar surface area (TPSA) is 29.5 Å². The van der Waals surface area contributed by atoms with E-state index in [-0.39, 0.29) is 11.5 Å². The van der Waals surface area contributed by atoms with Crippen molar-refractivity contribution in [3.63, 3.8) is 0 Å². The molecule has 0 N–H and O–H groups in total. The lowest BCUT2D eigenvalue weighted by atomic mass is 9.82. The molecule has 3 aliphatic heterocycles. The molecule has 3 nitrogen and oxygen atoms in total. The van der Waals surface area contributed by atoms with Crippen LogP contribution in [0.15, 0.2) is 22.7 Å². The van der Waals surface area contributed by atoms with Crippen molar-refractivity contribution in [1.82, 2.24) is 4.90 Å². The first-order valence-corrected chi connectivity index (χ1v) is 7.83. The van der Waals surface area contributed by atoms with Crippen molar-refractivity contribution < 1.29 is 13.9 Å². The van der Waals surface area contributed by atoms with E-state index < -0.39 is 5.82 Å². The lowest BCUT2D eigenvalue weighted by molar-refractivity contribution is 0.0591. The van der Waals surface area contributed by atoms with Crippen molar-refractivity contribution in [3.05, 3.63) is 34.1 Å². The maximum atomic E-state index is 13.9. The number of benzene rings is 1. The van der Waals surface area contributed by atoms with E-state index in [1.165, 1.54) is 6.07 Å². The first kappa shape index (κ1) is 12.8. The van der Waals surface area contributed by atoms with Gasteiger partial charge in [-0.15, -0.1) is 0 Å². The molecule has 5 heteroatoms. The fourth-order valence-electron chi connectivity index (χ4n) is 3.99. The summed E-state index contributed by atoms with van der Waals surface area (Å²) >= 11 is 3.28. The molecular weight excluding hydrogens is 325 g/mol. The van der Waals surface area contributed by atoms with E-state index in [9.17, 15) is 9.18 Å². The molecule has 4 rings (SSSR count). The molecule has 106 valence electrons. The molecule has 2 bridgehead atoms. The maximum absolute atomic E-state index is 13.9. The number of ether oxygens (including phenoxy) is 1. The Hall–Kier alpha value is -0.940. The minimum absolute atomic E-state index is 0.153. The van der Waals surface area contributed by atoms with Gasteiger partial charge in [0.2, 0.25) is 0 Å². The second kappa shape index (κ2) is 4.53. The van der Waals surface area contributed by atoms with E-state index in [4.69, 9.17) is 4.74 Å². The molecule has 0 aromatic heterocycles. The van der Waals surface area contributed by atoms with Gasteiger partial charge in [0.1, 0.15) is 5.82 Å². The van der Waals surface area contributed by atoms with Crippen molar-refractivity contribution in [3.8, 4) is 0 Å². The third-order valence-corrected chi connectivity index (χ3v) is 5.58. The lowest BCUT2D eigenvalue weighted by Gasteiger charge is -2.19. The minimum Gasteiger partial charge on any atom is -0.374 e. The molecular formula is C15H15BrFNO2. The van der Waals surface area contributed by atoms with E-state index in [0.29, 0.717) is 41.6 Å². The minimum atomic E-state index is -0.458. The standard InChI is InChI=1S/C15H15BrFNO2/c16-10-2-1-3-11(17)14(10)15(19)18-6-8-9(7-18)13-5-4-12(8)20-13/h1-3,8-9,12-13H,4-7H2/t8-,9-,12+,13+/m0/s1. The first-order chi connectivity index (χ1) is 9.65. The van der Waals surface area contributed by atoms with Crippen LogP contribution in [0.25, 0.3) is 0 Å². The normalized spacial score (nSPS) is 34.6. The Morgan fingerprint density at radius 3 is 2.50 bits per heavy atom. The number of likely N-dealkylation sites (tertiary alicyclic amines) is 1. The van der Waals surface area contributed by atoms with Crippen molar-refractivity contribution in [2.75, 3.05) is 13.1 Å². The third-order valence-electron chi connectivity index (χ3n) is 4.92. The molecule has 0 unspecified atom stereocenters. The zero-order valence-corrected chi connectivity index (χ0v) is 12.5. The summed E-state index contributed by atoms with van der Waals surface area (Å²) in [7, 11) is 0. The average molecular weight is 340 g/mol. The molecule has 3 saturated heterocycles. The summed E-state index contributed by atoms with van der Waals surface area (Å²) in [6, 6.07) is 4.64. The van der Waals surface area contributed by atoms with Gasteiger partial charge in [0.15, 0.2) is 0 Å². The Morgan fingerprint density at radius 2 is 1.90 bits per heavy atom. The summed E-state index contributed by atoms with van der Waals surface area (Å²) in [5.41, 5.74) is 0.153. The SMILES string of the molecule is O=C(c1c(F)cccc1Br)N1C[C@H]2[C@H](C1)[C@H]1CC[C@H]2O1. The Bertz CT molecular complexity index is 541. The number of hydrogen-bond donors (Lipinski definition) is 0. The van der Waals surface area contributed by atoms with E-state index in [2.05, 4.69) is 15.9 Å². The fraction of sp³-hybridized carbons (Fsp3) is 0.533. The smallest absolute Gasteiger partial charge is 0.258 e. The van der Waals surface area contributed by atoms with Crippen LogP contribution in [-0.2, 0) is 4.74 Å². The maximum Gasteiger partial charge on any atom is 0.258 e. The van der Waals surface area contributed by atoms with E-state index in [1.54, 1.807) is 17.0 Å². The molecule has 4 atom stereocenters. The van der Waals surface area contributed by atoms with Gasteiger partial charge in [-0.25, -0.2) is 4.39 Å².